The molecule has 8 nitrogen and oxygen atoms in total. The van der Waals surface area contributed by atoms with Crippen molar-refractivity contribution in [3.05, 3.63) is 29.8 Å². The van der Waals surface area contributed by atoms with Crippen molar-refractivity contribution in [3.63, 3.8) is 0 Å². The molecule has 0 aliphatic carbocycles. The smallest absolute Gasteiger partial charge is 0.242 e. The molecule has 1 aliphatic heterocycles. The molecule has 1 heterocycles. The average Bonchev–Trinajstić information content (AvgIpc) is 3.20. The second kappa shape index (κ2) is 11.4. The van der Waals surface area contributed by atoms with Crippen LogP contribution in [-0.2, 0) is 26.0 Å². The van der Waals surface area contributed by atoms with E-state index in [-0.39, 0.29) is 6.10 Å². The normalized spacial score (nSPS) is 17.9. The molecule has 1 saturated heterocycles. The molecule has 1 aromatic rings. The lowest BCUT2D eigenvalue weighted by Crippen LogP contribution is -2.38. The molecule has 1 aromatic carbocycles. The molecule has 0 bridgehead atoms. The van der Waals surface area contributed by atoms with Gasteiger partial charge in [-0.3, -0.25) is 4.99 Å². The number of hydrogen-bond acceptors (Lipinski definition) is 5. The van der Waals surface area contributed by atoms with Crippen LogP contribution in [0.3, 0.4) is 0 Å². The van der Waals surface area contributed by atoms with Crippen LogP contribution in [0.5, 0.6) is 0 Å². The number of nitrogens with zero attached hydrogens (tertiary/aromatic N) is 2. The highest BCUT2D eigenvalue weighted by Crippen LogP contribution is 2.18. The fraction of sp³-hybridized carbons (Fsp3) is 0.632. The van der Waals surface area contributed by atoms with E-state index in [1.54, 1.807) is 25.2 Å². The molecule has 1 fully saturated rings. The predicted octanol–water partition coefficient (Wildman–Crippen LogP) is 1.19. The zero-order valence-electron chi connectivity index (χ0n) is 17.0. The predicted molar refractivity (Wildman–Crippen MR) is 110 cm³/mol. The molecule has 1 unspecified atom stereocenters. The van der Waals surface area contributed by atoms with Gasteiger partial charge in [0.1, 0.15) is 0 Å². The number of hydrogen-bond donors (Lipinski definition) is 2. The first-order valence-corrected chi connectivity index (χ1v) is 11.0. The highest BCUT2D eigenvalue weighted by molar-refractivity contribution is 7.89. The van der Waals surface area contributed by atoms with E-state index in [9.17, 15) is 8.42 Å². The van der Waals surface area contributed by atoms with Crippen molar-refractivity contribution in [1.29, 1.82) is 0 Å². The van der Waals surface area contributed by atoms with E-state index in [1.165, 1.54) is 18.4 Å². The summed E-state index contributed by atoms with van der Waals surface area (Å²) in [6, 6.07) is 6.97. The summed E-state index contributed by atoms with van der Waals surface area (Å²) in [7, 11) is 1.25. The van der Waals surface area contributed by atoms with Crippen LogP contribution in [0.15, 0.2) is 34.2 Å². The van der Waals surface area contributed by atoms with Crippen molar-refractivity contribution >= 4 is 16.0 Å². The number of ether oxygens (including phenoxy) is 2. The average molecular weight is 413 g/mol. The van der Waals surface area contributed by atoms with Gasteiger partial charge in [0.05, 0.1) is 17.6 Å². The van der Waals surface area contributed by atoms with Crippen LogP contribution < -0.4 is 10.6 Å². The third-order valence-electron chi connectivity index (χ3n) is 4.49. The van der Waals surface area contributed by atoms with Crippen LogP contribution in [0, 0.1) is 0 Å². The van der Waals surface area contributed by atoms with Crippen LogP contribution in [0.2, 0.25) is 0 Å². The Morgan fingerprint density at radius 3 is 2.79 bits per heavy atom. The molecule has 0 saturated carbocycles. The Hall–Kier alpha value is -1.68. The summed E-state index contributed by atoms with van der Waals surface area (Å²) < 4.78 is 37.3. The Morgan fingerprint density at radius 2 is 2.11 bits per heavy atom. The largest absolute Gasteiger partial charge is 0.379 e. The Morgan fingerprint density at radius 1 is 1.32 bits per heavy atom. The third-order valence-corrected chi connectivity index (χ3v) is 6.40. The Bertz CT molecular complexity index is 731. The monoisotopic (exact) mass is 412 g/mol. The topological polar surface area (TPSA) is 92.3 Å². The first-order chi connectivity index (χ1) is 13.4. The molecule has 28 heavy (non-hydrogen) atoms. The van der Waals surface area contributed by atoms with Crippen LogP contribution in [0.4, 0.5) is 0 Å². The van der Waals surface area contributed by atoms with Crippen LogP contribution >= 0.6 is 0 Å². The summed E-state index contributed by atoms with van der Waals surface area (Å²) in [5.41, 5.74) is 0.694. The van der Waals surface area contributed by atoms with Gasteiger partial charge in [-0.1, -0.05) is 18.2 Å². The summed E-state index contributed by atoms with van der Waals surface area (Å²) in [4.78, 5) is 4.48. The summed E-state index contributed by atoms with van der Waals surface area (Å²) in [5, 5.41) is 6.38. The first kappa shape index (κ1) is 22.6. The lowest BCUT2D eigenvalue weighted by Gasteiger charge is -2.17. The van der Waals surface area contributed by atoms with E-state index < -0.39 is 10.0 Å². The molecule has 158 valence electrons. The number of nitrogens with one attached hydrogen (secondary N) is 2. The van der Waals surface area contributed by atoms with Gasteiger partial charge in [0.15, 0.2) is 5.96 Å². The number of benzene rings is 1. The zero-order valence-corrected chi connectivity index (χ0v) is 17.8. The summed E-state index contributed by atoms with van der Waals surface area (Å²) >= 11 is 0. The maximum Gasteiger partial charge on any atom is 0.242 e. The van der Waals surface area contributed by atoms with E-state index in [0.29, 0.717) is 42.7 Å². The Balaban J connectivity index is 1.75. The van der Waals surface area contributed by atoms with Gasteiger partial charge in [-0.05, 0) is 30.9 Å². The molecule has 0 aromatic heterocycles. The fourth-order valence-electron chi connectivity index (χ4n) is 2.87. The maximum atomic E-state index is 12.5. The third kappa shape index (κ3) is 6.73. The first-order valence-electron chi connectivity index (χ1n) is 9.59. The Kier molecular flexibility index (Phi) is 9.17. The van der Waals surface area contributed by atoms with Crippen molar-refractivity contribution in [2.75, 3.05) is 47.5 Å². The standard InChI is InChI=1S/C19H32N4O4S/c1-20-19(21-11-7-12-26-15-17-9-6-13-27-17)22-14-16-8-4-5-10-18(16)28(24,25)23(2)3/h4-5,8,10,17H,6-7,9,11-15H2,1-3H3,(H2,20,21,22). The summed E-state index contributed by atoms with van der Waals surface area (Å²) in [6.45, 7) is 3.23. The van der Waals surface area contributed by atoms with E-state index in [4.69, 9.17) is 9.47 Å². The van der Waals surface area contributed by atoms with Crippen molar-refractivity contribution in [1.82, 2.24) is 14.9 Å². The van der Waals surface area contributed by atoms with E-state index in [1.807, 2.05) is 6.07 Å². The van der Waals surface area contributed by atoms with Crippen molar-refractivity contribution in [2.45, 2.75) is 36.8 Å². The van der Waals surface area contributed by atoms with Crippen molar-refractivity contribution < 1.29 is 17.9 Å². The van der Waals surface area contributed by atoms with Gasteiger partial charge in [0.25, 0.3) is 0 Å². The van der Waals surface area contributed by atoms with Gasteiger partial charge >= 0.3 is 0 Å². The lowest BCUT2D eigenvalue weighted by molar-refractivity contribution is 0.0168. The van der Waals surface area contributed by atoms with E-state index in [2.05, 4.69) is 15.6 Å². The lowest BCUT2D eigenvalue weighted by atomic mass is 10.2. The van der Waals surface area contributed by atoms with E-state index >= 15 is 0 Å². The molecule has 0 radical (unpaired) electrons. The fourth-order valence-corrected chi connectivity index (χ4v) is 3.98. The number of guanidine groups is 1. The molecular formula is C19H32N4O4S. The SMILES string of the molecule is CN=C(NCCCOCC1CCCO1)NCc1ccccc1S(=O)(=O)N(C)C. The second-order valence-electron chi connectivity index (χ2n) is 6.81. The minimum Gasteiger partial charge on any atom is -0.379 e. The Labute approximate surface area is 168 Å². The highest BCUT2D eigenvalue weighted by atomic mass is 32.2. The minimum absolute atomic E-state index is 0.251. The molecule has 1 aliphatic rings. The van der Waals surface area contributed by atoms with Gasteiger partial charge in [0.2, 0.25) is 10.0 Å². The molecule has 0 spiro atoms. The summed E-state index contributed by atoms with van der Waals surface area (Å²) in [6.07, 6.45) is 3.30. The maximum absolute atomic E-state index is 12.5. The number of rotatable bonds is 10. The molecular weight excluding hydrogens is 380 g/mol. The van der Waals surface area contributed by atoms with E-state index in [0.717, 1.165) is 25.9 Å². The highest BCUT2D eigenvalue weighted by Gasteiger charge is 2.20. The van der Waals surface area contributed by atoms with Crippen LogP contribution in [0.25, 0.3) is 0 Å². The molecule has 1 atom stereocenters. The molecule has 2 N–H and O–H groups in total. The number of aliphatic imine (C=N–C) groups is 1. The van der Waals surface area contributed by atoms with Gasteiger partial charge < -0.3 is 20.1 Å². The van der Waals surface area contributed by atoms with Crippen molar-refractivity contribution in [3.8, 4) is 0 Å². The molecule has 0 amide bonds. The quantitative estimate of drug-likeness (QED) is 0.341. The zero-order chi connectivity index (χ0) is 20.4. The minimum atomic E-state index is -3.49. The number of sulfonamides is 1. The molecule has 2 rings (SSSR count). The molecule has 9 heteroatoms. The second-order valence-corrected chi connectivity index (χ2v) is 8.93. The van der Waals surface area contributed by atoms with Crippen LogP contribution in [0.1, 0.15) is 24.8 Å². The van der Waals surface area contributed by atoms with Gasteiger partial charge in [-0.2, -0.15) is 0 Å². The van der Waals surface area contributed by atoms with Crippen molar-refractivity contribution in [2.24, 2.45) is 4.99 Å². The summed E-state index contributed by atoms with van der Waals surface area (Å²) in [5.74, 6) is 0.621. The van der Waals surface area contributed by atoms with Gasteiger partial charge in [-0.25, -0.2) is 12.7 Å². The van der Waals surface area contributed by atoms with Gasteiger partial charge in [0, 0.05) is 47.4 Å². The van der Waals surface area contributed by atoms with Crippen LogP contribution in [-0.4, -0.2) is 72.3 Å². The van der Waals surface area contributed by atoms with Gasteiger partial charge in [-0.15, -0.1) is 0 Å².